The van der Waals surface area contributed by atoms with Crippen molar-refractivity contribution < 1.29 is 80.2 Å². The van der Waals surface area contributed by atoms with Crippen LogP contribution in [0.25, 0.3) is 0 Å². The Hall–Kier alpha value is -1.94. The molecule has 3 N–H and O–H groups in total. The van der Waals surface area contributed by atoms with Crippen molar-refractivity contribution in [2.24, 2.45) is 5.92 Å². The Morgan fingerprint density at radius 2 is 0.449 bits per heavy atom. The second kappa shape index (κ2) is 80.7. The molecule has 0 bridgehead atoms. The van der Waals surface area contributed by atoms with E-state index in [0.717, 1.165) is 95.8 Å². The van der Waals surface area contributed by atoms with Crippen molar-refractivity contribution in [1.82, 2.24) is 0 Å². The summed E-state index contributed by atoms with van der Waals surface area (Å²) < 4.78 is 69.0. The number of ether oxygens (including phenoxy) is 4. The molecular formula is C88H172O17P2. The highest BCUT2D eigenvalue weighted by atomic mass is 31.2. The van der Waals surface area contributed by atoms with E-state index in [2.05, 4.69) is 34.6 Å². The standard InChI is InChI=1S/C88H172O17P2/c1-6-10-13-16-19-22-25-27-29-33-38-42-47-52-57-62-67-72-86(91)99-78-84(105-88(93)74-69-64-59-54-49-44-40-36-32-31-35-37-41-46-50-55-60-65-70-81(5)9-4)80-103-107(96,97)101-76-82(89)75-100-106(94,95)102-79-83(77-98-85(90)71-66-61-56-51-45-24-21-18-15-12-8-3)104-87(92)73-68-63-58-53-48-43-39-34-30-28-26-23-20-17-14-11-7-2/h81-84,89H,6-80H2,1-5H3,(H,94,95)(H,96,97)/t81?,82-,83+,84+/m0/s1. The van der Waals surface area contributed by atoms with E-state index >= 15 is 0 Å². The molecule has 6 atom stereocenters. The van der Waals surface area contributed by atoms with Gasteiger partial charge in [0.1, 0.15) is 19.3 Å². The molecule has 0 saturated carbocycles. The minimum absolute atomic E-state index is 0.109. The van der Waals surface area contributed by atoms with Crippen LogP contribution < -0.4 is 0 Å². The number of hydrogen-bond acceptors (Lipinski definition) is 15. The molecule has 636 valence electrons. The minimum Gasteiger partial charge on any atom is -0.462 e. The average molecular weight is 1560 g/mol. The molecule has 0 spiro atoms. The number of aliphatic hydroxyl groups excluding tert-OH is 1. The first-order chi connectivity index (χ1) is 52.1. The highest BCUT2D eigenvalue weighted by Crippen LogP contribution is 2.45. The summed E-state index contributed by atoms with van der Waals surface area (Å²) in [5, 5.41) is 10.7. The molecule has 0 rings (SSSR count). The molecule has 0 amide bonds. The maximum atomic E-state index is 13.2. The number of carbonyl (C=O) groups excluding carboxylic acids is 4. The fourth-order valence-electron chi connectivity index (χ4n) is 13.8. The largest absolute Gasteiger partial charge is 0.472 e. The topological polar surface area (TPSA) is 237 Å². The second-order valence-electron chi connectivity index (χ2n) is 31.9. The summed E-state index contributed by atoms with van der Waals surface area (Å²) >= 11 is 0. The number of phosphoric acid groups is 2. The number of hydrogen-bond donors (Lipinski definition) is 3. The zero-order valence-corrected chi connectivity index (χ0v) is 72.1. The van der Waals surface area contributed by atoms with Crippen LogP contribution in [-0.2, 0) is 65.4 Å². The van der Waals surface area contributed by atoms with Gasteiger partial charge in [-0.1, -0.05) is 426 Å². The third-order valence-corrected chi connectivity index (χ3v) is 23.0. The van der Waals surface area contributed by atoms with Crippen molar-refractivity contribution in [3.63, 3.8) is 0 Å². The summed E-state index contributed by atoms with van der Waals surface area (Å²) in [4.78, 5) is 73.3. The molecule has 0 saturated heterocycles. The zero-order chi connectivity index (χ0) is 78.3. The van der Waals surface area contributed by atoms with Gasteiger partial charge >= 0.3 is 39.5 Å². The lowest BCUT2D eigenvalue weighted by atomic mass is 9.99. The SMILES string of the molecule is CCCCCCCCCCCCCCCCCCCC(=O)OC[C@H](COP(=O)(O)OC[C@@H](O)COP(=O)(O)OC[C@@H](COC(=O)CCCCCCCCCCCCC)OC(=O)CCCCCCCCCCCCCCCCCCC)OC(=O)CCCCCCCCCCCCCCCCCCCCC(C)CC. The van der Waals surface area contributed by atoms with Crippen LogP contribution in [0.1, 0.15) is 478 Å². The third kappa shape index (κ3) is 80.5. The lowest BCUT2D eigenvalue weighted by Crippen LogP contribution is -2.30. The normalized spacial score (nSPS) is 14.0. The van der Waals surface area contributed by atoms with Gasteiger partial charge in [-0.25, -0.2) is 9.13 Å². The number of carbonyl (C=O) groups is 4. The van der Waals surface area contributed by atoms with Gasteiger partial charge in [0.25, 0.3) is 0 Å². The number of esters is 4. The van der Waals surface area contributed by atoms with E-state index in [-0.39, 0.29) is 25.7 Å². The predicted octanol–water partition coefficient (Wildman–Crippen LogP) is 27.2. The molecule has 0 aliphatic rings. The maximum Gasteiger partial charge on any atom is 0.472 e. The predicted molar refractivity (Wildman–Crippen MR) is 442 cm³/mol. The highest BCUT2D eigenvalue weighted by Gasteiger charge is 2.30. The van der Waals surface area contributed by atoms with Crippen LogP contribution in [0.4, 0.5) is 0 Å². The second-order valence-corrected chi connectivity index (χ2v) is 34.8. The first-order valence-corrected chi connectivity index (χ1v) is 48.7. The summed E-state index contributed by atoms with van der Waals surface area (Å²) in [7, 11) is -9.93. The Bertz CT molecular complexity index is 2030. The van der Waals surface area contributed by atoms with Gasteiger partial charge in [-0.05, 0) is 31.6 Å². The minimum atomic E-state index is -4.97. The van der Waals surface area contributed by atoms with Gasteiger partial charge in [-0.3, -0.25) is 37.3 Å². The highest BCUT2D eigenvalue weighted by molar-refractivity contribution is 7.47. The van der Waals surface area contributed by atoms with E-state index < -0.39 is 97.5 Å². The van der Waals surface area contributed by atoms with Gasteiger partial charge in [0.15, 0.2) is 12.2 Å². The lowest BCUT2D eigenvalue weighted by molar-refractivity contribution is -0.161. The van der Waals surface area contributed by atoms with E-state index in [4.69, 9.17) is 37.0 Å². The van der Waals surface area contributed by atoms with Crippen LogP contribution in [0.3, 0.4) is 0 Å². The van der Waals surface area contributed by atoms with Crippen molar-refractivity contribution in [1.29, 1.82) is 0 Å². The van der Waals surface area contributed by atoms with Gasteiger partial charge < -0.3 is 33.8 Å². The summed E-state index contributed by atoms with van der Waals surface area (Å²) in [6, 6.07) is 0. The molecule has 0 aliphatic heterocycles. The van der Waals surface area contributed by atoms with Gasteiger partial charge in [-0.15, -0.1) is 0 Å². The summed E-state index contributed by atoms with van der Waals surface area (Å²) in [5.74, 6) is -1.22. The maximum absolute atomic E-state index is 13.2. The van der Waals surface area contributed by atoms with Gasteiger partial charge in [0.2, 0.25) is 0 Å². The number of unbranched alkanes of at least 4 members (excludes halogenated alkanes) is 59. The first kappa shape index (κ1) is 105. The van der Waals surface area contributed by atoms with E-state index in [1.165, 1.54) is 302 Å². The summed E-state index contributed by atoms with van der Waals surface area (Å²) in [6.45, 7) is 7.45. The zero-order valence-electron chi connectivity index (χ0n) is 70.3. The van der Waals surface area contributed by atoms with Crippen molar-refractivity contribution in [2.75, 3.05) is 39.6 Å². The van der Waals surface area contributed by atoms with Gasteiger partial charge in [-0.2, -0.15) is 0 Å². The average Bonchev–Trinajstić information content (AvgIpc) is 0.906. The molecule has 107 heavy (non-hydrogen) atoms. The molecule has 0 aliphatic carbocycles. The molecular weight excluding hydrogens is 1390 g/mol. The van der Waals surface area contributed by atoms with Crippen LogP contribution in [0.5, 0.6) is 0 Å². The fourth-order valence-corrected chi connectivity index (χ4v) is 15.4. The Balaban J connectivity index is 5.23. The van der Waals surface area contributed by atoms with Crippen LogP contribution >= 0.6 is 15.6 Å². The van der Waals surface area contributed by atoms with Crippen LogP contribution in [0.15, 0.2) is 0 Å². The number of aliphatic hydroxyl groups is 1. The van der Waals surface area contributed by atoms with Crippen molar-refractivity contribution in [3.8, 4) is 0 Å². The molecule has 17 nitrogen and oxygen atoms in total. The van der Waals surface area contributed by atoms with Crippen LogP contribution in [0.2, 0.25) is 0 Å². The Morgan fingerprint density at radius 3 is 0.664 bits per heavy atom. The molecule has 0 aromatic carbocycles. The molecule has 0 heterocycles. The first-order valence-electron chi connectivity index (χ1n) is 45.7. The van der Waals surface area contributed by atoms with E-state index in [1.807, 2.05) is 0 Å². The Labute approximate surface area is 658 Å². The van der Waals surface area contributed by atoms with Crippen molar-refractivity contribution in [3.05, 3.63) is 0 Å². The smallest absolute Gasteiger partial charge is 0.462 e. The van der Waals surface area contributed by atoms with Crippen LogP contribution in [-0.4, -0.2) is 96.7 Å². The van der Waals surface area contributed by atoms with Crippen molar-refractivity contribution in [2.45, 2.75) is 496 Å². The van der Waals surface area contributed by atoms with Gasteiger partial charge in [0.05, 0.1) is 26.4 Å². The van der Waals surface area contributed by atoms with Crippen LogP contribution in [0, 0.1) is 5.92 Å². The van der Waals surface area contributed by atoms with E-state index in [0.29, 0.717) is 25.7 Å². The third-order valence-electron chi connectivity index (χ3n) is 21.1. The molecule has 0 fully saturated rings. The molecule has 19 heteroatoms. The fraction of sp³-hybridized carbons (Fsp3) is 0.955. The van der Waals surface area contributed by atoms with E-state index in [1.54, 1.807) is 0 Å². The summed E-state index contributed by atoms with van der Waals surface area (Å²) in [5.41, 5.74) is 0. The molecule has 0 radical (unpaired) electrons. The number of phosphoric ester groups is 2. The molecule has 3 unspecified atom stereocenters. The summed E-state index contributed by atoms with van der Waals surface area (Å²) in [6.07, 6.45) is 74.9. The quantitative estimate of drug-likeness (QED) is 0.0222. The lowest BCUT2D eigenvalue weighted by Gasteiger charge is -2.21. The van der Waals surface area contributed by atoms with Gasteiger partial charge in [0, 0.05) is 25.7 Å². The Kier molecular flexibility index (Phi) is 79.2. The Morgan fingerprint density at radius 1 is 0.262 bits per heavy atom. The number of rotatable bonds is 88. The van der Waals surface area contributed by atoms with Crippen molar-refractivity contribution >= 4 is 39.5 Å². The monoisotopic (exact) mass is 1560 g/mol. The molecule has 0 aromatic rings. The molecule has 0 aromatic heterocycles. The van der Waals surface area contributed by atoms with E-state index in [9.17, 15) is 43.2 Å².